The largest absolute Gasteiger partial charge is 0.469 e. The lowest BCUT2D eigenvalue weighted by molar-refractivity contribution is -0.137. The van der Waals surface area contributed by atoms with E-state index in [4.69, 9.17) is 20.4 Å². The molecule has 1 aliphatic rings. The summed E-state index contributed by atoms with van der Waals surface area (Å²) in [6, 6.07) is 12.4. The van der Waals surface area contributed by atoms with E-state index in [1.807, 2.05) is 24.3 Å². The van der Waals surface area contributed by atoms with Gasteiger partial charge in [-0.2, -0.15) is 13.2 Å². The van der Waals surface area contributed by atoms with Gasteiger partial charge >= 0.3 is 14.0 Å². The maximum atomic E-state index is 12.6. The zero-order chi connectivity index (χ0) is 24.3. The summed E-state index contributed by atoms with van der Waals surface area (Å²) in [4.78, 5) is 23.1. The Morgan fingerprint density at radius 2 is 1.82 bits per heavy atom. The molecule has 11 heteroatoms. The molecule has 0 aromatic heterocycles. The van der Waals surface area contributed by atoms with E-state index in [0.29, 0.717) is 24.1 Å². The Morgan fingerprint density at radius 1 is 1.18 bits per heavy atom. The highest BCUT2D eigenvalue weighted by Gasteiger charge is 2.38. The Balaban J connectivity index is 1.54. The van der Waals surface area contributed by atoms with E-state index in [9.17, 15) is 17.7 Å². The Hall–Kier alpha value is -2.23. The second kappa shape index (κ2) is 9.95. The Labute approximate surface area is 189 Å². The molecular weight excluding hydrogens is 460 g/mol. The number of benzene rings is 2. The number of nitrogens with zero attached hydrogens (tertiary/aromatic N) is 1. The number of nitrogens with two attached hydrogens (primary N) is 1. The van der Waals surface area contributed by atoms with Crippen molar-refractivity contribution in [3.05, 3.63) is 70.8 Å². The third-order valence-corrected chi connectivity index (χ3v) is 6.14. The standard InChI is InChI=1S/C22H26F3N2O5P/c1-15(27-31-13-16-2-8-20(9-3-16)22(23,24)25)17-4-6-18(7-5-17)19-10-11-21(26,12-19)14-32-33(28,29)30/h2-9,19H,10-14,26H2,1H3,(H2,28,29,30)/b27-15+/t19-,21-/m1/s1. The second-order valence-electron chi connectivity index (χ2n) is 8.33. The highest BCUT2D eigenvalue weighted by molar-refractivity contribution is 7.46. The molecule has 0 heterocycles. The van der Waals surface area contributed by atoms with Crippen molar-refractivity contribution in [1.82, 2.24) is 0 Å². The molecule has 1 aliphatic carbocycles. The van der Waals surface area contributed by atoms with Crippen molar-refractivity contribution in [2.45, 2.75) is 50.4 Å². The Kier molecular flexibility index (Phi) is 7.65. The van der Waals surface area contributed by atoms with Gasteiger partial charge in [0.15, 0.2) is 0 Å². The van der Waals surface area contributed by atoms with E-state index in [0.717, 1.165) is 29.7 Å². The van der Waals surface area contributed by atoms with E-state index in [2.05, 4.69) is 9.68 Å². The van der Waals surface area contributed by atoms with Gasteiger partial charge in [-0.05, 0) is 60.9 Å². The highest BCUT2D eigenvalue weighted by Crippen LogP contribution is 2.43. The van der Waals surface area contributed by atoms with Gasteiger partial charge < -0.3 is 20.4 Å². The summed E-state index contributed by atoms with van der Waals surface area (Å²) in [6.07, 6.45) is -2.45. The van der Waals surface area contributed by atoms with E-state index >= 15 is 0 Å². The first-order valence-electron chi connectivity index (χ1n) is 10.3. The molecule has 3 rings (SSSR count). The van der Waals surface area contributed by atoms with E-state index in [1.165, 1.54) is 12.1 Å². The third-order valence-electron chi connectivity index (χ3n) is 5.68. The van der Waals surface area contributed by atoms with Gasteiger partial charge in [0.05, 0.1) is 17.9 Å². The lowest BCUT2D eigenvalue weighted by atomic mass is 9.93. The Bertz CT molecular complexity index is 1020. The summed E-state index contributed by atoms with van der Waals surface area (Å²) in [5.41, 5.74) is 7.82. The minimum atomic E-state index is -4.56. The van der Waals surface area contributed by atoms with Gasteiger partial charge in [0, 0.05) is 5.54 Å². The van der Waals surface area contributed by atoms with Crippen LogP contribution in [0.5, 0.6) is 0 Å². The molecule has 0 amide bonds. The van der Waals surface area contributed by atoms with Crippen LogP contribution in [-0.4, -0.2) is 27.6 Å². The van der Waals surface area contributed by atoms with Gasteiger partial charge in [-0.1, -0.05) is 41.6 Å². The summed E-state index contributed by atoms with van der Waals surface area (Å²) >= 11 is 0. The maximum Gasteiger partial charge on any atom is 0.469 e. The van der Waals surface area contributed by atoms with Crippen molar-refractivity contribution in [2.24, 2.45) is 10.9 Å². The summed E-state index contributed by atoms with van der Waals surface area (Å²) < 4.78 is 53.4. The lowest BCUT2D eigenvalue weighted by Gasteiger charge is -2.24. The first kappa shape index (κ1) is 25.4. The van der Waals surface area contributed by atoms with Crippen molar-refractivity contribution in [2.75, 3.05) is 6.61 Å². The zero-order valence-corrected chi connectivity index (χ0v) is 18.9. The van der Waals surface area contributed by atoms with Crippen LogP contribution < -0.4 is 5.73 Å². The van der Waals surface area contributed by atoms with Gasteiger partial charge in [-0.15, -0.1) is 0 Å². The normalized spacial score (nSPS) is 21.9. The second-order valence-corrected chi connectivity index (χ2v) is 9.57. The predicted octanol–water partition coefficient (Wildman–Crippen LogP) is 4.72. The van der Waals surface area contributed by atoms with Crippen LogP contribution in [0.15, 0.2) is 53.7 Å². The van der Waals surface area contributed by atoms with Crippen molar-refractivity contribution in [3.8, 4) is 0 Å². The van der Waals surface area contributed by atoms with Gasteiger partial charge in [-0.25, -0.2) is 4.57 Å². The molecule has 0 saturated heterocycles. The Morgan fingerprint density at radius 3 is 2.39 bits per heavy atom. The summed E-state index contributed by atoms with van der Waals surface area (Å²) in [6.45, 7) is 1.61. The minimum Gasteiger partial charge on any atom is -0.391 e. The summed E-state index contributed by atoms with van der Waals surface area (Å²) in [5.74, 6) is 0.151. The van der Waals surface area contributed by atoms with Crippen LogP contribution in [0.3, 0.4) is 0 Å². The smallest absolute Gasteiger partial charge is 0.391 e. The van der Waals surface area contributed by atoms with Crippen molar-refractivity contribution >= 4 is 13.5 Å². The molecular formula is C22H26F3N2O5P. The predicted molar refractivity (Wildman–Crippen MR) is 116 cm³/mol. The quantitative estimate of drug-likeness (QED) is 0.283. The first-order chi connectivity index (χ1) is 15.3. The molecule has 1 saturated carbocycles. The topological polar surface area (TPSA) is 114 Å². The average Bonchev–Trinajstić information content (AvgIpc) is 3.14. The molecule has 2 aromatic rings. The van der Waals surface area contributed by atoms with Gasteiger partial charge in [0.2, 0.25) is 0 Å². The van der Waals surface area contributed by atoms with Crippen molar-refractivity contribution < 1.29 is 36.9 Å². The van der Waals surface area contributed by atoms with Gasteiger partial charge in [0.1, 0.15) is 6.61 Å². The fourth-order valence-electron chi connectivity index (χ4n) is 3.83. The van der Waals surface area contributed by atoms with Crippen LogP contribution >= 0.6 is 7.82 Å². The number of alkyl halides is 3. The van der Waals surface area contributed by atoms with Crippen LogP contribution in [0.25, 0.3) is 0 Å². The molecule has 0 bridgehead atoms. The number of hydrogen-bond donors (Lipinski definition) is 3. The molecule has 180 valence electrons. The van der Waals surface area contributed by atoms with Crippen LogP contribution in [-0.2, 0) is 26.7 Å². The molecule has 0 spiro atoms. The molecule has 0 unspecified atom stereocenters. The van der Waals surface area contributed by atoms with Crippen LogP contribution in [0.4, 0.5) is 13.2 Å². The molecule has 4 N–H and O–H groups in total. The number of halogens is 3. The molecule has 2 aromatic carbocycles. The third kappa shape index (κ3) is 7.38. The van der Waals surface area contributed by atoms with Crippen molar-refractivity contribution in [1.29, 1.82) is 0 Å². The summed E-state index contributed by atoms with van der Waals surface area (Å²) in [7, 11) is -4.56. The first-order valence-corrected chi connectivity index (χ1v) is 11.8. The highest BCUT2D eigenvalue weighted by atomic mass is 31.2. The SMILES string of the molecule is C/C(=N\OCc1ccc(C(F)(F)F)cc1)c1ccc([C@@H]2CC[C@](N)(COP(=O)(O)O)C2)cc1. The van der Waals surface area contributed by atoms with Gasteiger partial charge in [-0.3, -0.25) is 4.52 Å². The average molecular weight is 486 g/mol. The molecule has 0 radical (unpaired) electrons. The van der Waals surface area contributed by atoms with Crippen LogP contribution in [0.2, 0.25) is 0 Å². The zero-order valence-electron chi connectivity index (χ0n) is 18.0. The van der Waals surface area contributed by atoms with Crippen molar-refractivity contribution in [3.63, 3.8) is 0 Å². The van der Waals surface area contributed by atoms with Crippen LogP contribution in [0.1, 0.15) is 54.4 Å². The molecule has 2 atom stereocenters. The number of hydrogen-bond acceptors (Lipinski definition) is 5. The van der Waals surface area contributed by atoms with E-state index in [1.54, 1.807) is 6.92 Å². The number of oxime groups is 1. The minimum absolute atomic E-state index is 0.0465. The number of rotatable bonds is 8. The monoisotopic (exact) mass is 486 g/mol. The lowest BCUT2D eigenvalue weighted by Crippen LogP contribution is -2.41. The summed E-state index contributed by atoms with van der Waals surface area (Å²) in [5, 5.41) is 4.04. The van der Waals surface area contributed by atoms with E-state index < -0.39 is 25.1 Å². The fourth-order valence-corrected chi connectivity index (χ4v) is 4.25. The number of phosphoric ester groups is 1. The molecule has 1 fully saturated rings. The van der Waals surface area contributed by atoms with E-state index in [-0.39, 0.29) is 19.1 Å². The molecule has 33 heavy (non-hydrogen) atoms. The molecule has 0 aliphatic heterocycles. The molecule has 7 nitrogen and oxygen atoms in total. The number of phosphoric acid groups is 1. The maximum absolute atomic E-state index is 12.6. The van der Waals surface area contributed by atoms with Crippen LogP contribution in [0, 0.1) is 0 Å². The fraction of sp³-hybridized carbons (Fsp3) is 0.409. The van der Waals surface area contributed by atoms with Gasteiger partial charge in [0.25, 0.3) is 0 Å².